The van der Waals surface area contributed by atoms with E-state index < -0.39 is 0 Å². The van der Waals surface area contributed by atoms with Gasteiger partial charge in [0.15, 0.2) is 0 Å². The highest BCUT2D eigenvalue weighted by Gasteiger charge is 2.14. The fourth-order valence-electron chi connectivity index (χ4n) is 1.49. The Bertz CT molecular complexity index is 368. The summed E-state index contributed by atoms with van der Waals surface area (Å²) < 4.78 is 0. The second-order valence-electron chi connectivity index (χ2n) is 4.58. The van der Waals surface area contributed by atoms with Crippen molar-refractivity contribution in [3.63, 3.8) is 0 Å². The molecular weight excluding hydrogens is 232 g/mol. The number of thioether (sulfide) groups is 1. The van der Waals surface area contributed by atoms with E-state index in [1.807, 2.05) is 24.9 Å². The first-order valence-corrected chi connectivity index (χ1v) is 7.21. The molecule has 1 unspecified atom stereocenters. The van der Waals surface area contributed by atoms with Crippen molar-refractivity contribution in [3.8, 4) is 0 Å². The Kier molecular flexibility index (Phi) is 5.05. The third kappa shape index (κ3) is 3.77. The van der Waals surface area contributed by atoms with Crippen LogP contribution in [0.15, 0.2) is 6.07 Å². The van der Waals surface area contributed by atoms with Gasteiger partial charge in [-0.2, -0.15) is 11.8 Å². The normalized spacial score (nSPS) is 12.8. The third-order valence-corrected chi connectivity index (χ3v) is 3.51. The second-order valence-corrected chi connectivity index (χ2v) is 5.49. The molecule has 0 aliphatic rings. The molecule has 0 aliphatic carbocycles. The Morgan fingerprint density at radius 2 is 2.00 bits per heavy atom. The van der Waals surface area contributed by atoms with Crippen LogP contribution in [-0.2, 0) is 0 Å². The molecule has 4 nitrogen and oxygen atoms in total. The van der Waals surface area contributed by atoms with E-state index in [4.69, 9.17) is 5.73 Å². The van der Waals surface area contributed by atoms with Crippen LogP contribution in [0.3, 0.4) is 0 Å². The molecule has 0 saturated heterocycles. The van der Waals surface area contributed by atoms with Crippen molar-refractivity contribution in [2.75, 3.05) is 29.7 Å². The molecule has 1 aromatic heterocycles. The SMILES string of the molecule is CSCC(C)N(C)c1cc(N)nc(C(C)C)n1. The summed E-state index contributed by atoms with van der Waals surface area (Å²) in [6.07, 6.45) is 2.11. The molecule has 17 heavy (non-hydrogen) atoms. The van der Waals surface area contributed by atoms with E-state index in [0.717, 1.165) is 17.4 Å². The van der Waals surface area contributed by atoms with Crippen molar-refractivity contribution in [1.29, 1.82) is 0 Å². The lowest BCUT2D eigenvalue weighted by Gasteiger charge is -2.26. The number of nitrogen functional groups attached to an aromatic ring is 1. The highest BCUT2D eigenvalue weighted by molar-refractivity contribution is 7.98. The monoisotopic (exact) mass is 254 g/mol. The molecule has 0 saturated carbocycles. The van der Waals surface area contributed by atoms with Gasteiger partial charge < -0.3 is 10.6 Å². The quantitative estimate of drug-likeness (QED) is 0.874. The average molecular weight is 254 g/mol. The van der Waals surface area contributed by atoms with Gasteiger partial charge >= 0.3 is 0 Å². The van der Waals surface area contributed by atoms with E-state index in [2.05, 4.69) is 41.9 Å². The number of anilines is 2. The third-order valence-electron chi connectivity index (χ3n) is 2.70. The van der Waals surface area contributed by atoms with Crippen LogP contribution in [0.25, 0.3) is 0 Å². The first-order valence-electron chi connectivity index (χ1n) is 5.82. The first kappa shape index (κ1) is 14.1. The molecule has 0 fully saturated rings. The van der Waals surface area contributed by atoms with E-state index in [9.17, 15) is 0 Å². The van der Waals surface area contributed by atoms with E-state index >= 15 is 0 Å². The lowest BCUT2D eigenvalue weighted by molar-refractivity contribution is 0.726. The number of aromatic nitrogens is 2. The van der Waals surface area contributed by atoms with Crippen LogP contribution in [0, 0.1) is 0 Å². The molecule has 0 aromatic carbocycles. The van der Waals surface area contributed by atoms with Gasteiger partial charge in [-0.25, -0.2) is 9.97 Å². The van der Waals surface area contributed by atoms with Gasteiger partial charge in [-0.05, 0) is 13.2 Å². The molecule has 1 heterocycles. The summed E-state index contributed by atoms with van der Waals surface area (Å²) in [5.74, 6) is 3.62. The van der Waals surface area contributed by atoms with Crippen LogP contribution < -0.4 is 10.6 Å². The molecule has 0 aliphatic heterocycles. The van der Waals surface area contributed by atoms with Crippen molar-refractivity contribution in [3.05, 3.63) is 11.9 Å². The van der Waals surface area contributed by atoms with Gasteiger partial charge in [-0.3, -0.25) is 0 Å². The summed E-state index contributed by atoms with van der Waals surface area (Å²) in [4.78, 5) is 11.0. The molecule has 96 valence electrons. The Balaban J connectivity index is 2.96. The topological polar surface area (TPSA) is 55.0 Å². The van der Waals surface area contributed by atoms with E-state index in [1.54, 1.807) is 0 Å². The minimum absolute atomic E-state index is 0.293. The number of hydrogen-bond acceptors (Lipinski definition) is 5. The summed E-state index contributed by atoms with van der Waals surface area (Å²) in [6, 6.07) is 2.27. The van der Waals surface area contributed by atoms with Crippen molar-refractivity contribution >= 4 is 23.4 Å². The van der Waals surface area contributed by atoms with Gasteiger partial charge in [0.25, 0.3) is 0 Å². The molecule has 1 atom stereocenters. The Morgan fingerprint density at radius 1 is 1.35 bits per heavy atom. The molecule has 0 spiro atoms. The minimum atomic E-state index is 0.293. The molecule has 5 heteroatoms. The lowest BCUT2D eigenvalue weighted by Crippen LogP contribution is -2.32. The number of nitrogens with two attached hydrogens (primary N) is 1. The van der Waals surface area contributed by atoms with Gasteiger partial charge in [0.1, 0.15) is 17.5 Å². The number of hydrogen-bond donors (Lipinski definition) is 1. The summed E-state index contributed by atoms with van der Waals surface area (Å²) in [6.45, 7) is 6.33. The summed E-state index contributed by atoms with van der Waals surface area (Å²) in [5.41, 5.74) is 5.83. The minimum Gasteiger partial charge on any atom is -0.384 e. The summed E-state index contributed by atoms with van der Waals surface area (Å²) in [5, 5.41) is 0. The Hall–Kier alpha value is -0.970. The molecule has 1 rings (SSSR count). The Morgan fingerprint density at radius 3 is 2.53 bits per heavy atom. The molecule has 0 radical (unpaired) electrons. The molecule has 2 N–H and O–H groups in total. The molecular formula is C12H22N4S. The zero-order valence-electron chi connectivity index (χ0n) is 11.3. The maximum Gasteiger partial charge on any atom is 0.135 e. The maximum absolute atomic E-state index is 5.83. The summed E-state index contributed by atoms with van der Waals surface area (Å²) >= 11 is 1.83. The van der Waals surface area contributed by atoms with Gasteiger partial charge in [-0.1, -0.05) is 13.8 Å². The van der Waals surface area contributed by atoms with Gasteiger partial charge in [0.05, 0.1) is 0 Å². The van der Waals surface area contributed by atoms with Crippen LogP contribution in [0.5, 0.6) is 0 Å². The first-order chi connectivity index (χ1) is 7.95. The number of rotatable bonds is 5. The van der Waals surface area contributed by atoms with Crippen molar-refractivity contribution in [2.24, 2.45) is 0 Å². The van der Waals surface area contributed by atoms with Gasteiger partial charge in [-0.15, -0.1) is 0 Å². The molecule has 1 aromatic rings. The van der Waals surface area contributed by atoms with E-state index in [1.165, 1.54) is 0 Å². The van der Waals surface area contributed by atoms with Crippen LogP contribution in [-0.4, -0.2) is 35.1 Å². The average Bonchev–Trinajstić information content (AvgIpc) is 2.27. The maximum atomic E-state index is 5.83. The van der Waals surface area contributed by atoms with Gasteiger partial charge in [0, 0.05) is 30.8 Å². The van der Waals surface area contributed by atoms with Gasteiger partial charge in [0.2, 0.25) is 0 Å². The standard InChI is InChI=1S/C12H22N4S/c1-8(2)12-14-10(13)6-11(15-12)16(4)9(3)7-17-5/h6,8-9H,7H2,1-5H3,(H2,13,14,15). The summed E-state index contributed by atoms with van der Waals surface area (Å²) in [7, 11) is 2.05. The van der Waals surface area contributed by atoms with Crippen molar-refractivity contribution in [1.82, 2.24) is 9.97 Å². The van der Waals surface area contributed by atoms with Crippen molar-refractivity contribution in [2.45, 2.75) is 32.7 Å². The molecule has 0 amide bonds. The van der Waals surface area contributed by atoms with Crippen LogP contribution >= 0.6 is 11.8 Å². The zero-order chi connectivity index (χ0) is 13.0. The predicted molar refractivity (Wildman–Crippen MR) is 76.8 cm³/mol. The second kappa shape index (κ2) is 6.10. The largest absolute Gasteiger partial charge is 0.384 e. The fourth-order valence-corrected chi connectivity index (χ4v) is 2.20. The van der Waals surface area contributed by atoms with E-state index in [0.29, 0.717) is 17.8 Å². The Labute approximate surface area is 108 Å². The van der Waals surface area contributed by atoms with Crippen molar-refractivity contribution < 1.29 is 0 Å². The highest BCUT2D eigenvalue weighted by Crippen LogP contribution is 2.19. The lowest BCUT2D eigenvalue weighted by atomic mass is 10.2. The van der Waals surface area contributed by atoms with Crippen LogP contribution in [0.2, 0.25) is 0 Å². The fraction of sp³-hybridized carbons (Fsp3) is 0.667. The highest BCUT2D eigenvalue weighted by atomic mass is 32.2. The number of nitrogens with zero attached hydrogens (tertiary/aromatic N) is 3. The van der Waals surface area contributed by atoms with E-state index in [-0.39, 0.29) is 0 Å². The predicted octanol–water partition coefficient (Wildman–Crippen LogP) is 2.37. The van der Waals surface area contributed by atoms with Crippen LogP contribution in [0.4, 0.5) is 11.6 Å². The van der Waals surface area contributed by atoms with Crippen LogP contribution in [0.1, 0.15) is 32.5 Å². The molecule has 0 bridgehead atoms. The smallest absolute Gasteiger partial charge is 0.135 e. The zero-order valence-corrected chi connectivity index (χ0v) is 12.1.